The minimum atomic E-state index is -3.62. The van der Waals surface area contributed by atoms with Crippen molar-refractivity contribution in [3.05, 3.63) is 41.5 Å². The van der Waals surface area contributed by atoms with Crippen LogP contribution < -0.4 is 10.6 Å². The van der Waals surface area contributed by atoms with Crippen molar-refractivity contribution in [1.82, 2.24) is 10.6 Å². The van der Waals surface area contributed by atoms with E-state index in [1.54, 1.807) is 0 Å². The van der Waals surface area contributed by atoms with Gasteiger partial charge in [-0.15, -0.1) is 0 Å². The Hall–Kier alpha value is -2.68. The van der Waals surface area contributed by atoms with Gasteiger partial charge in [-0.3, -0.25) is 10.1 Å². The molecule has 3 amide bonds. The number of hydrogen-bond donors (Lipinski definition) is 2. The van der Waals surface area contributed by atoms with Crippen LogP contribution in [0, 0.1) is 0 Å². The van der Waals surface area contributed by atoms with E-state index < -0.39 is 34.4 Å². The third-order valence-electron chi connectivity index (χ3n) is 4.53. The van der Waals surface area contributed by atoms with Crippen molar-refractivity contribution in [1.29, 1.82) is 0 Å². The number of imide groups is 1. The lowest BCUT2D eigenvalue weighted by molar-refractivity contribution is -0.123. The van der Waals surface area contributed by atoms with E-state index in [1.807, 2.05) is 0 Å². The maximum absolute atomic E-state index is 12.2. The SMILES string of the molecule is CCS(=O)(=O)c1ccccc1C(=O)OCC(=O)NC(=O)NCCC1=CCCCC1. The molecular formula is C20H26N2O6S. The first-order valence-corrected chi connectivity index (χ1v) is 11.2. The van der Waals surface area contributed by atoms with Crippen LogP contribution in [0.15, 0.2) is 40.8 Å². The zero-order valence-electron chi connectivity index (χ0n) is 16.4. The van der Waals surface area contributed by atoms with Crippen molar-refractivity contribution in [2.45, 2.75) is 43.9 Å². The number of allylic oxidation sites excluding steroid dienone is 1. The van der Waals surface area contributed by atoms with Crippen LogP contribution in [0.5, 0.6) is 0 Å². The van der Waals surface area contributed by atoms with Gasteiger partial charge >= 0.3 is 12.0 Å². The number of benzene rings is 1. The smallest absolute Gasteiger partial charge is 0.339 e. The van der Waals surface area contributed by atoms with Crippen LogP contribution in [0.25, 0.3) is 0 Å². The topological polar surface area (TPSA) is 119 Å². The molecule has 0 atom stereocenters. The molecule has 1 aliphatic carbocycles. The second kappa shape index (κ2) is 10.8. The molecule has 2 N–H and O–H groups in total. The summed E-state index contributed by atoms with van der Waals surface area (Å²) in [5.74, 6) is -1.92. The van der Waals surface area contributed by atoms with Gasteiger partial charge in [0.25, 0.3) is 5.91 Å². The molecule has 0 bridgehead atoms. The van der Waals surface area contributed by atoms with E-state index in [0.717, 1.165) is 25.7 Å². The van der Waals surface area contributed by atoms with Crippen LogP contribution in [-0.2, 0) is 19.4 Å². The van der Waals surface area contributed by atoms with E-state index in [0.29, 0.717) is 6.54 Å². The van der Waals surface area contributed by atoms with Gasteiger partial charge in [-0.1, -0.05) is 30.7 Å². The number of nitrogens with one attached hydrogen (secondary N) is 2. The first kappa shape index (κ1) is 22.6. The fourth-order valence-corrected chi connectivity index (χ4v) is 4.03. The van der Waals surface area contributed by atoms with Crippen molar-refractivity contribution in [3.63, 3.8) is 0 Å². The van der Waals surface area contributed by atoms with Crippen molar-refractivity contribution < 1.29 is 27.5 Å². The van der Waals surface area contributed by atoms with Crippen molar-refractivity contribution in [2.75, 3.05) is 18.9 Å². The highest BCUT2D eigenvalue weighted by Crippen LogP contribution is 2.19. The van der Waals surface area contributed by atoms with Gasteiger partial charge in [-0.2, -0.15) is 0 Å². The van der Waals surface area contributed by atoms with Crippen molar-refractivity contribution in [3.8, 4) is 0 Å². The summed E-state index contributed by atoms with van der Waals surface area (Å²) in [7, 11) is -3.62. The Morgan fingerprint density at radius 2 is 1.90 bits per heavy atom. The molecule has 0 unspecified atom stereocenters. The number of carbonyl (C=O) groups is 3. The third-order valence-corrected chi connectivity index (χ3v) is 6.31. The minimum absolute atomic E-state index is 0.146. The van der Waals surface area contributed by atoms with Gasteiger partial charge in [0.05, 0.1) is 16.2 Å². The van der Waals surface area contributed by atoms with Gasteiger partial charge in [0.15, 0.2) is 16.4 Å². The van der Waals surface area contributed by atoms with Gasteiger partial charge in [-0.25, -0.2) is 18.0 Å². The van der Waals surface area contributed by atoms with Crippen LogP contribution >= 0.6 is 0 Å². The number of ether oxygens (including phenoxy) is 1. The lowest BCUT2D eigenvalue weighted by atomic mass is 9.97. The molecule has 1 aromatic carbocycles. The third kappa shape index (κ3) is 7.01. The molecular weight excluding hydrogens is 396 g/mol. The predicted molar refractivity (Wildman–Crippen MR) is 107 cm³/mol. The molecule has 9 heteroatoms. The Balaban J connectivity index is 1.79. The molecule has 158 valence electrons. The van der Waals surface area contributed by atoms with Crippen LogP contribution in [0.2, 0.25) is 0 Å². The Bertz CT molecular complexity index is 892. The number of hydrogen-bond acceptors (Lipinski definition) is 6. The van der Waals surface area contributed by atoms with Gasteiger partial charge in [0, 0.05) is 6.54 Å². The predicted octanol–water partition coefficient (Wildman–Crippen LogP) is 2.35. The van der Waals surface area contributed by atoms with Crippen LogP contribution in [0.4, 0.5) is 4.79 Å². The zero-order chi connectivity index (χ0) is 21.3. The molecule has 0 aliphatic heterocycles. The quantitative estimate of drug-likeness (QED) is 0.490. The number of urea groups is 1. The molecule has 0 saturated carbocycles. The summed E-state index contributed by atoms with van der Waals surface area (Å²) in [5, 5.41) is 4.66. The molecule has 8 nitrogen and oxygen atoms in total. The number of rotatable bonds is 8. The van der Waals surface area contributed by atoms with Gasteiger partial charge < -0.3 is 10.1 Å². The maximum atomic E-state index is 12.2. The van der Waals surface area contributed by atoms with Gasteiger partial charge in [0.1, 0.15) is 0 Å². The van der Waals surface area contributed by atoms with Crippen LogP contribution in [0.3, 0.4) is 0 Å². The summed E-state index contributed by atoms with van der Waals surface area (Å²) in [6.45, 7) is 1.18. The van der Waals surface area contributed by atoms with Gasteiger partial charge in [-0.05, 0) is 44.2 Å². The van der Waals surface area contributed by atoms with E-state index in [-0.39, 0.29) is 16.2 Å². The Kier molecular flexibility index (Phi) is 8.38. The zero-order valence-corrected chi connectivity index (χ0v) is 17.2. The molecule has 1 aromatic rings. The summed E-state index contributed by atoms with van der Waals surface area (Å²) < 4.78 is 29.0. The van der Waals surface area contributed by atoms with Crippen LogP contribution in [0.1, 0.15) is 49.4 Å². The summed E-state index contributed by atoms with van der Waals surface area (Å²) in [6, 6.07) is 4.96. The van der Waals surface area contributed by atoms with E-state index in [4.69, 9.17) is 4.74 Å². The molecule has 29 heavy (non-hydrogen) atoms. The summed E-state index contributed by atoms with van der Waals surface area (Å²) >= 11 is 0. The first-order valence-electron chi connectivity index (χ1n) is 9.58. The highest BCUT2D eigenvalue weighted by molar-refractivity contribution is 7.91. The maximum Gasteiger partial charge on any atom is 0.339 e. The number of amides is 3. The summed E-state index contributed by atoms with van der Waals surface area (Å²) in [4.78, 5) is 35.6. The number of carbonyl (C=O) groups excluding carboxylic acids is 3. The average Bonchev–Trinajstić information content (AvgIpc) is 2.72. The number of sulfone groups is 1. The minimum Gasteiger partial charge on any atom is -0.452 e. The second-order valence-electron chi connectivity index (χ2n) is 6.64. The lowest BCUT2D eigenvalue weighted by Crippen LogP contribution is -2.41. The van der Waals surface area contributed by atoms with E-state index in [1.165, 1.54) is 43.2 Å². The molecule has 0 radical (unpaired) electrons. The van der Waals surface area contributed by atoms with Gasteiger partial charge in [0.2, 0.25) is 0 Å². The Morgan fingerprint density at radius 1 is 1.14 bits per heavy atom. The van der Waals surface area contributed by atoms with Crippen molar-refractivity contribution >= 4 is 27.7 Å². The Morgan fingerprint density at radius 3 is 2.59 bits per heavy atom. The van der Waals surface area contributed by atoms with Crippen LogP contribution in [-0.4, -0.2) is 45.2 Å². The molecule has 0 heterocycles. The highest BCUT2D eigenvalue weighted by Gasteiger charge is 2.22. The molecule has 2 rings (SSSR count). The largest absolute Gasteiger partial charge is 0.452 e. The molecule has 0 fully saturated rings. The summed E-state index contributed by atoms with van der Waals surface area (Å²) in [5.41, 5.74) is 1.16. The monoisotopic (exact) mass is 422 g/mol. The molecule has 0 saturated heterocycles. The molecule has 0 aromatic heterocycles. The second-order valence-corrected chi connectivity index (χ2v) is 8.88. The Labute approximate surface area is 170 Å². The standard InChI is InChI=1S/C20H26N2O6S/c1-2-29(26,27)17-11-7-6-10-16(17)19(24)28-14-18(23)22-20(25)21-13-12-15-8-4-3-5-9-15/h6-8,10-11H,2-5,9,12-14H2,1H3,(H2,21,22,23,25). The summed E-state index contributed by atoms with van der Waals surface area (Å²) in [6.07, 6.45) is 7.37. The number of esters is 1. The normalized spacial score (nSPS) is 13.9. The van der Waals surface area contributed by atoms with E-state index >= 15 is 0 Å². The average molecular weight is 423 g/mol. The molecule has 1 aliphatic rings. The van der Waals surface area contributed by atoms with E-state index in [9.17, 15) is 22.8 Å². The fraction of sp³-hybridized carbons (Fsp3) is 0.450. The highest BCUT2D eigenvalue weighted by atomic mass is 32.2. The fourth-order valence-electron chi connectivity index (χ4n) is 2.95. The first-order chi connectivity index (χ1) is 13.8. The lowest BCUT2D eigenvalue weighted by Gasteiger charge is -2.13. The van der Waals surface area contributed by atoms with Crippen molar-refractivity contribution in [2.24, 2.45) is 0 Å². The molecule has 0 spiro atoms. The van der Waals surface area contributed by atoms with E-state index in [2.05, 4.69) is 16.7 Å².